The average Bonchev–Trinajstić information content (AvgIpc) is 3.30. The summed E-state index contributed by atoms with van der Waals surface area (Å²) in [7, 11) is 2.51. The number of methoxy groups -OCH3 is 2. The van der Waals surface area contributed by atoms with Gasteiger partial charge in [0.05, 0.1) is 14.2 Å². The van der Waals surface area contributed by atoms with Gasteiger partial charge in [0.1, 0.15) is 5.54 Å². The van der Waals surface area contributed by atoms with Crippen molar-refractivity contribution < 1.29 is 23.9 Å². The summed E-state index contributed by atoms with van der Waals surface area (Å²) in [5.74, 6) is -1.42. The molecule has 40 heavy (non-hydrogen) atoms. The van der Waals surface area contributed by atoms with E-state index in [1.807, 2.05) is 121 Å². The van der Waals surface area contributed by atoms with Crippen molar-refractivity contribution in [3.63, 3.8) is 0 Å². The third-order valence-electron chi connectivity index (χ3n) is 7.38. The Labute approximate surface area is 233 Å². The van der Waals surface area contributed by atoms with E-state index in [9.17, 15) is 14.4 Å². The highest BCUT2D eigenvalue weighted by molar-refractivity contribution is 5.98. The molecule has 1 heterocycles. The summed E-state index contributed by atoms with van der Waals surface area (Å²) in [4.78, 5) is 44.8. The summed E-state index contributed by atoms with van der Waals surface area (Å²) >= 11 is 0. The van der Waals surface area contributed by atoms with Crippen LogP contribution in [0.4, 0.5) is 4.79 Å². The van der Waals surface area contributed by atoms with Crippen molar-refractivity contribution in [2.24, 2.45) is 0 Å². The average molecular weight is 535 g/mol. The highest BCUT2D eigenvalue weighted by atomic mass is 16.5. The second-order valence-electron chi connectivity index (χ2n) is 9.51. The molecule has 7 nitrogen and oxygen atoms in total. The smallest absolute Gasteiger partial charge is 0.331 e. The number of nitrogens with zero attached hydrogens (tertiary/aromatic N) is 2. The third kappa shape index (κ3) is 4.49. The Morgan fingerprint density at radius 3 is 1.40 bits per heavy atom. The van der Waals surface area contributed by atoms with Crippen LogP contribution in [0.5, 0.6) is 0 Å². The van der Waals surface area contributed by atoms with Gasteiger partial charge in [0, 0.05) is 6.54 Å². The highest BCUT2D eigenvalue weighted by Crippen LogP contribution is 2.47. The van der Waals surface area contributed by atoms with Gasteiger partial charge in [-0.2, -0.15) is 0 Å². The maximum absolute atomic E-state index is 14.8. The van der Waals surface area contributed by atoms with Crippen LogP contribution in [-0.2, 0) is 31.1 Å². The van der Waals surface area contributed by atoms with Gasteiger partial charge < -0.3 is 14.4 Å². The van der Waals surface area contributed by atoms with Crippen molar-refractivity contribution in [3.8, 4) is 0 Å². The van der Waals surface area contributed by atoms with Crippen LogP contribution in [0, 0.1) is 0 Å². The summed E-state index contributed by atoms with van der Waals surface area (Å²) in [6, 6.07) is 34.9. The van der Waals surface area contributed by atoms with Crippen LogP contribution in [0.25, 0.3) is 0 Å². The van der Waals surface area contributed by atoms with Crippen LogP contribution < -0.4 is 0 Å². The molecule has 4 aromatic carbocycles. The predicted octanol–water partition coefficient (Wildman–Crippen LogP) is 5.00. The van der Waals surface area contributed by atoms with E-state index in [1.165, 1.54) is 24.0 Å². The number of rotatable bonds is 8. The van der Waals surface area contributed by atoms with Crippen LogP contribution in [0.2, 0.25) is 0 Å². The largest absolute Gasteiger partial charge is 0.467 e. The lowest BCUT2D eigenvalue weighted by Crippen LogP contribution is -2.57. The summed E-state index contributed by atoms with van der Waals surface area (Å²) < 4.78 is 10.5. The van der Waals surface area contributed by atoms with Crippen molar-refractivity contribution >= 4 is 18.0 Å². The molecule has 4 aromatic rings. The van der Waals surface area contributed by atoms with Crippen molar-refractivity contribution in [3.05, 3.63) is 144 Å². The fourth-order valence-electron chi connectivity index (χ4n) is 5.67. The first-order valence-corrected chi connectivity index (χ1v) is 13.0. The molecule has 1 aliphatic rings. The molecule has 7 heteroatoms. The Kier molecular flexibility index (Phi) is 7.64. The number of carbonyl (C=O) groups is 3. The van der Waals surface area contributed by atoms with Gasteiger partial charge in [-0.1, -0.05) is 121 Å². The van der Waals surface area contributed by atoms with Gasteiger partial charge in [0.2, 0.25) is 0 Å². The van der Waals surface area contributed by atoms with E-state index in [-0.39, 0.29) is 6.54 Å². The first-order valence-electron chi connectivity index (χ1n) is 13.0. The number of ether oxygens (including phenoxy) is 2. The maximum atomic E-state index is 14.8. The van der Waals surface area contributed by atoms with Gasteiger partial charge in [0.25, 0.3) is 0 Å². The van der Waals surface area contributed by atoms with Crippen molar-refractivity contribution in [2.75, 3.05) is 14.2 Å². The van der Waals surface area contributed by atoms with Crippen molar-refractivity contribution in [1.82, 2.24) is 9.80 Å². The number of amides is 2. The van der Waals surface area contributed by atoms with Crippen molar-refractivity contribution in [2.45, 2.75) is 24.2 Å². The number of hydrogen-bond donors (Lipinski definition) is 0. The summed E-state index contributed by atoms with van der Waals surface area (Å²) in [6.07, 6.45) is 0. The number of hydrogen-bond acceptors (Lipinski definition) is 5. The second kappa shape index (κ2) is 11.5. The van der Waals surface area contributed by atoms with Gasteiger partial charge in [-0.25, -0.2) is 14.4 Å². The highest BCUT2D eigenvalue weighted by Gasteiger charge is 2.61. The molecule has 0 aromatic heterocycles. The standard InChI is InChI=1S/C33H30N2O5/c1-39-30(36)28-29(31(37)40-2)35(32(38)34(28)23-24-15-7-3-8-16-24)33(25-17-9-4-10-18-25,26-19-11-5-12-20-26)27-21-13-6-14-22-27/h3-22,28-29H,23H2,1-2H3. The number of urea groups is 1. The SMILES string of the molecule is COC(=O)C1C(C(=O)OC)N(C(c2ccccc2)(c2ccccc2)c2ccccc2)C(=O)N1Cc1ccccc1. The van der Waals surface area contributed by atoms with Gasteiger partial charge >= 0.3 is 18.0 Å². The zero-order chi connectivity index (χ0) is 28.1. The Balaban J connectivity index is 1.84. The fourth-order valence-corrected chi connectivity index (χ4v) is 5.67. The minimum Gasteiger partial charge on any atom is -0.467 e. The third-order valence-corrected chi connectivity index (χ3v) is 7.38. The Morgan fingerprint density at radius 1 is 0.625 bits per heavy atom. The normalized spacial score (nSPS) is 17.0. The molecular formula is C33H30N2O5. The topological polar surface area (TPSA) is 76.2 Å². The van der Waals surface area contributed by atoms with Crippen LogP contribution in [0.1, 0.15) is 22.3 Å². The van der Waals surface area contributed by atoms with Gasteiger partial charge in [-0.3, -0.25) is 4.90 Å². The van der Waals surface area contributed by atoms with E-state index in [1.54, 1.807) is 0 Å². The molecule has 0 saturated carbocycles. The molecule has 0 aliphatic carbocycles. The Bertz CT molecular complexity index is 1370. The van der Waals surface area contributed by atoms with E-state index in [2.05, 4.69) is 0 Å². The lowest BCUT2D eigenvalue weighted by atomic mass is 9.75. The van der Waals surface area contributed by atoms with Gasteiger partial charge in [-0.05, 0) is 22.3 Å². The maximum Gasteiger partial charge on any atom is 0.331 e. The first-order chi connectivity index (χ1) is 19.5. The summed E-state index contributed by atoms with van der Waals surface area (Å²) in [5, 5.41) is 0. The molecule has 1 aliphatic heterocycles. The molecule has 0 N–H and O–H groups in total. The molecule has 0 spiro atoms. The van der Waals surface area contributed by atoms with Crippen LogP contribution in [0.3, 0.4) is 0 Å². The van der Waals surface area contributed by atoms with E-state index in [0.717, 1.165) is 22.3 Å². The van der Waals surface area contributed by atoms with Crippen LogP contribution in [-0.4, -0.2) is 54.1 Å². The zero-order valence-electron chi connectivity index (χ0n) is 22.3. The first kappa shape index (κ1) is 26.7. The molecule has 2 atom stereocenters. The molecule has 2 amide bonds. The second-order valence-corrected chi connectivity index (χ2v) is 9.51. The molecule has 1 fully saturated rings. The quantitative estimate of drug-likeness (QED) is 0.235. The Morgan fingerprint density at radius 2 is 1.00 bits per heavy atom. The number of esters is 2. The van der Waals surface area contributed by atoms with Gasteiger partial charge in [0.15, 0.2) is 12.1 Å². The molecule has 1 saturated heterocycles. The summed E-state index contributed by atoms with van der Waals surface area (Å²) in [6.45, 7) is 0.0951. The van der Waals surface area contributed by atoms with E-state index < -0.39 is 35.6 Å². The predicted molar refractivity (Wildman–Crippen MR) is 150 cm³/mol. The lowest BCUT2D eigenvalue weighted by molar-refractivity contribution is -0.155. The van der Waals surface area contributed by atoms with Crippen LogP contribution in [0.15, 0.2) is 121 Å². The van der Waals surface area contributed by atoms with Crippen molar-refractivity contribution in [1.29, 1.82) is 0 Å². The summed E-state index contributed by atoms with van der Waals surface area (Å²) in [5.41, 5.74) is 1.76. The molecule has 2 unspecified atom stereocenters. The minimum absolute atomic E-state index is 0.0951. The minimum atomic E-state index is -1.31. The number of benzene rings is 4. The van der Waals surface area contributed by atoms with E-state index in [4.69, 9.17) is 9.47 Å². The van der Waals surface area contributed by atoms with E-state index >= 15 is 0 Å². The molecular weight excluding hydrogens is 504 g/mol. The molecule has 0 radical (unpaired) electrons. The van der Waals surface area contributed by atoms with Crippen LogP contribution >= 0.6 is 0 Å². The zero-order valence-corrected chi connectivity index (χ0v) is 22.3. The fraction of sp³-hybridized carbons (Fsp3) is 0.182. The lowest BCUT2D eigenvalue weighted by Gasteiger charge is -2.45. The molecule has 202 valence electrons. The van der Waals surface area contributed by atoms with E-state index in [0.29, 0.717) is 0 Å². The molecule has 0 bridgehead atoms. The Hall–Kier alpha value is -4.91. The molecule has 5 rings (SSSR count). The monoisotopic (exact) mass is 534 g/mol. The number of carbonyl (C=O) groups excluding carboxylic acids is 3. The van der Waals surface area contributed by atoms with Gasteiger partial charge in [-0.15, -0.1) is 0 Å².